The lowest BCUT2D eigenvalue weighted by Crippen LogP contribution is -2.51. The minimum absolute atomic E-state index is 0.695. The van der Waals surface area contributed by atoms with E-state index >= 15 is 0 Å². The van der Waals surface area contributed by atoms with Gasteiger partial charge in [-0.2, -0.15) is 0 Å². The molecule has 0 aromatic heterocycles. The molecule has 2 aliphatic rings. The van der Waals surface area contributed by atoms with Crippen LogP contribution in [0, 0.1) is 24.2 Å². The van der Waals surface area contributed by atoms with Crippen LogP contribution in [0.1, 0.15) is 51.4 Å². The third-order valence-corrected chi connectivity index (χ3v) is 4.97. The predicted octanol–water partition coefficient (Wildman–Crippen LogP) is 4.22. The molecule has 4 atom stereocenters. The predicted molar refractivity (Wildman–Crippen MR) is 86.3 cm³/mol. The van der Waals surface area contributed by atoms with Gasteiger partial charge < -0.3 is 5.32 Å². The Balaban J connectivity index is 1.85. The number of piperidine rings is 1. The molecule has 0 bridgehead atoms. The van der Waals surface area contributed by atoms with Crippen molar-refractivity contribution in [2.75, 3.05) is 0 Å². The van der Waals surface area contributed by atoms with E-state index < -0.39 is 0 Å². The minimum Gasteiger partial charge on any atom is -0.311 e. The smallest absolute Gasteiger partial charge is 0.0101 e. The molecule has 2 fully saturated rings. The summed E-state index contributed by atoms with van der Waals surface area (Å²) in [7, 11) is 0. The first-order chi connectivity index (χ1) is 9.85. The molecule has 0 aromatic carbocycles. The summed E-state index contributed by atoms with van der Waals surface area (Å²) < 4.78 is 0. The van der Waals surface area contributed by atoms with Crippen LogP contribution < -0.4 is 5.32 Å². The Bertz CT molecular complexity index is 408. The van der Waals surface area contributed by atoms with Gasteiger partial charge in [0.15, 0.2) is 0 Å². The second kappa shape index (κ2) is 8.15. The molecule has 1 aliphatic carbocycles. The molecule has 1 heterocycles. The average molecular weight is 269 g/mol. The summed E-state index contributed by atoms with van der Waals surface area (Å²) in [6.45, 7) is 3.63. The monoisotopic (exact) mass is 269 g/mol. The third kappa shape index (κ3) is 4.14. The van der Waals surface area contributed by atoms with Crippen molar-refractivity contribution in [1.82, 2.24) is 5.32 Å². The van der Waals surface area contributed by atoms with Gasteiger partial charge in [0.25, 0.3) is 0 Å². The van der Waals surface area contributed by atoms with E-state index in [1.54, 1.807) is 0 Å². The van der Waals surface area contributed by atoms with E-state index in [1.165, 1.54) is 38.5 Å². The zero-order valence-corrected chi connectivity index (χ0v) is 12.5. The highest BCUT2D eigenvalue weighted by molar-refractivity contribution is 5.09. The topological polar surface area (TPSA) is 12.0 Å². The highest BCUT2D eigenvalue weighted by Gasteiger charge is 2.36. The molecule has 2 rings (SSSR count). The van der Waals surface area contributed by atoms with Crippen LogP contribution in [0.3, 0.4) is 0 Å². The first-order valence-corrected chi connectivity index (χ1v) is 8.06. The van der Waals surface area contributed by atoms with Gasteiger partial charge in [0.2, 0.25) is 0 Å². The van der Waals surface area contributed by atoms with Crippen molar-refractivity contribution in [1.29, 1.82) is 0 Å². The number of terminal acetylenes is 1. The highest BCUT2D eigenvalue weighted by Crippen LogP contribution is 2.39. The molecule has 1 heteroatoms. The molecule has 1 unspecified atom stereocenters. The Kier molecular flexibility index (Phi) is 6.19. The van der Waals surface area contributed by atoms with E-state index in [2.05, 4.69) is 35.7 Å². The van der Waals surface area contributed by atoms with Crippen molar-refractivity contribution in [3.05, 3.63) is 30.5 Å². The molecular formula is C19H27N. The summed E-state index contributed by atoms with van der Waals surface area (Å²) in [5.74, 6) is 4.30. The minimum atomic E-state index is 0.695. The van der Waals surface area contributed by atoms with Crippen LogP contribution in [-0.4, -0.2) is 12.1 Å². The third-order valence-electron chi connectivity index (χ3n) is 4.97. The molecule has 20 heavy (non-hydrogen) atoms. The van der Waals surface area contributed by atoms with Crippen LogP contribution in [0.4, 0.5) is 0 Å². The van der Waals surface area contributed by atoms with E-state index in [4.69, 9.17) is 6.42 Å². The fourth-order valence-electron chi connectivity index (χ4n) is 4.00. The van der Waals surface area contributed by atoms with Crippen molar-refractivity contribution in [2.24, 2.45) is 11.8 Å². The van der Waals surface area contributed by atoms with Gasteiger partial charge in [-0.1, -0.05) is 25.0 Å². The van der Waals surface area contributed by atoms with E-state index in [-0.39, 0.29) is 0 Å². The molecule has 1 nitrogen and oxygen atoms in total. The first kappa shape index (κ1) is 15.2. The number of hydrogen-bond donors (Lipinski definition) is 1. The van der Waals surface area contributed by atoms with Crippen LogP contribution >= 0.6 is 0 Å². The molecule has 0 radical (unpaired) electrons. The lowest BCUT2D eigenvalue weighted by Gasteiger charge is -2.44. The van der Waals surface area contributed by atoms with Gasteiger partial charge in [-0.25, -0.2) is 0 Å². The second-order valence-corrected chi connectivity index (χ2v) is 6.19. The summed E-state index contributed by atoms with van der Waals surface area (Å²) >= 11 is 0. The quantitative estimate of drug-likeness (QED) is 0.582. The Hall–Kier alpha value is -1.22. The number of allylic oxidation sites excluding steroid dienone is 3. The first-order valence-electron chi connectivity index (χ1n) is 8.06. The average Bonchev–Trinajstić information content (AvgIpc) is 2.48. The van der Waals surface area contributed by atoms with E-state index in [1.807, 2.05) is 6.08 Å². The molecule has 108 valence electrons. The largest absolute Gasteiger partial charge is 0.311 e. The van der Waals surface area contributed by atoms with Crippen LogP contribution in [-0.2, 0) is 0 Å². The van der Waals surface area contributed by atoms with Gasteiger partial charge in [-0.15, -0.1) is 12.2 Å². The molecule has 1 aliphatic heterocycles. The molecular weight excluding hydrogens is 242 g/mol. The molecule has 1 saturated heterocycles. The summed E-state index contributed by atoms with van der Waals surface area (Å²) in [6, 6.07) is 1.43. The molecule has 0 spiro atoms. The lowest BCUT2D eigenvalue weighted by molar-refractivity contribution is 0.114. The zero-order valence-electron chi connectivity index (χ0n) is 12.5. The fourth-order valence-corrected chi connectivity index (χ4v) is 4.00. The van der Waals surface area contributed by atoms with E-state index in [0.717, 1.165) is 30.7 Å². The van der Waals surface area contributed by atoms with Crippen LogP contribution in [0.15, 0.2) is 30.5 Å². The fraction of sp³-hybridized carbons (Fsp3) is 0.632. The second-order valence-electron chi connectivity index (χ2n) is 6.19. The maximum absolute atomic E-state index is 5.29. The van der Waals surface area contributed by atoms with Crippen molar-refractivity contribution >= 4 is 0 Å². The van der Waals surface area contributed by atoms with Crippen molar-refractivity contribution in [3.63, 3.8) is 0 Å². The van der Waals surface area contributed by atoms with Gasteiger partial charge in [-0.3, -0.25) is 0 Å². The van der Waals surface area contributed by atoms with Crippen molar-refractivity contribution in [2.45, 2.75) is 63.5 Å². The maximum Gasteiger partial charge on any atom is 0.0101 e. The standard InChI is InChI=1S/C19H27N/c1-3-5-7-10-16-11-9-13-19-18(16)15-14-17(20-19)12-8-6-4-2/h1,5-7,16-20H,2,8-15H2/b7-5-/t16?,17-,18-,19+/m0/s1. The van der Waals surface area contributed by atoms with Gasteiger partial charge in [-0.05, 0) is 68.9 Å². The number of fused-ring (bicyclic) bond motifs is 1. The summed E-state index contributed by atoms with van der Waals surface area (Å²) in [6.07, 6.45) is 21.7. The summed E-state index contributed by atoms with van der Waals surface area (Å²) in [5.41, 5.74) is 2.87. The Labute approximate surface area is 124 Å². The van der Waals surface area contributed by atoms with Crippen LogP contribution in [0.2, 0.25) is 0 Å². The maximum atomic E-state index is 5.29. The van der Waals surface area contributed by atoms with Crippen LogP contribution in [0.5, 0.6) is 0 Å². The highest BCUT2D eigenvalue weighted by atomic mass is 15.0. The lowest BCUT2D eigenvalue weighted by atomic mass is 9.69. The Morgan fingerprint density at radius 2 is 2.15 bits per heavy atom. The van der Waals surface area contributed by atoms with Crippen LogP contribution in [0.25, 0.3) is 0 Å². The Morgan fingerprint density at radius 3 is 2.95 bits per heavy atom. The van der Waals surface area contributed by atoms with Crippen molar-refractivity contribution in [3.8, 4) is 12.3 Å². The van der Waals surface area contributed by atoms with Gasteiger partial charge >= 0.3 is 0 Å². The normalized spacial score (nSPS) is 33.1. The van der Waals surface area contributed by atoms with Crippen molar-refractivity contribution < 1.29 is 0 Å². The zero-order chi connectivity index (χ0) is 14.2. The van der Waals surface area contributed by atoms with Gasteiger partial charge in [0, 0.05) is 12.1 Å². The number of rotatable bonds is 5. The number of hydrogen-bond acceptors (Lipinski definition) is 1. The molecule has 0 aromatic rings. The van der Waals surface area contributed by atoms with Gasteiger partial charge in [0.1, 0.15) is 0 Å². The summed E-state index contributed by atoms with van der Waals surface area (Å²) in [5, 5.41) is 3.90. The number of nitrogens with one attached hydrogen (secondary N) is 1. The molecule has 1 saturated carbocycles. The van der Waals surface area contributed by atoms with Gasteiger partial charge in [0.05, 0.1) is 0 Å². The molecule has 1 N–H and O–H groups in total. The van der Waals surface area contributed by atoms with E-state index in [9.17, 15) is 0 Å². The summed E-state index contributed by atoms with van der Waals surface area (Å²) in [4.78, 5) is 0. The SMILES string of the molecule is C#C/C=C\CC1CCC[C@H]2N[C@@H](CCC=C=C)CC[C@@H]12. The van der Waals surface area contributed by atoms with E-state index in [0.29, 0.717) is 6.04 Å². The Morgan fingerprint density at radius 1 is 1.25 bits per heavy atom. The molecule has 0 amide bonds.